The van der Waals surface area contributed by atoms with Crippen LogP contribution in [0.2, 0.25) is 5.15 Å². The van der Waals surface area contributed by atoms with Crippen LogP contribution in [-0.4, -0.2) is 18.0 Å². The van der Waals surface area contributed by atoms with Gasteiger partial charge in [0.05, 0.1) is 12.0 Å². The van der Waals surface area contributed by atoms with E-state index in [0.29, 0.717) is 0 Å². The molecule has 0 unspecified atom stereocenters. The molecule has 0 N–H and O–H groups in total. The number of hydrogen-bond donors (Lipinski definition) is 0. The van der Waals surface area contributed by atoms with E-state index in [-0.39, 0.29) is 10.8 Å². The van der Waals surface area contributed by atoms with Gasteiger partial charge >= 0.3 is 10.2 Å². The fourth-order valence-electron chi connectivity index (χ4n) is 0.752. The first-order chi connectivity index (χ1) is 5.40. The fourth-order valence-corrected chi connectivity index (χ4v) is 1.74. The van der Waals surface area contributed by atoms with Gasteiger partial charge in [0.25, 0.3) is 0 Å². The van der Waals surface area contributed by atoms with Crippen LogP contribution in [0.1, 0.15) is 5.69 Å². The van der Waals surface area contributed by atoms with Gasteiger partial charge in [-0.1, -0.05) is 11.6 Å². The largest absolute Gasteiger partial charge is 0.335 e. The highest BCUT2D eigenvalue weighted by atomic mass is 35.5. The first kappa shape index (κ1) is 9.47. The van der Waals surface area contributed by atoms with Crippen LogP contribution in [0.3, 0.4) is 0 Å². The maximum absolute atomic E-state index is 12.2. The minimum absolute atomic E-state index is 0.0127. The van der Waals surface area contributed by atoms with Gasteiger partial charge in [0.15, 0.2) is 5.15 Å². The zero-order valence-electron chi connectivity index (χ0n) is 6.16. The smallest absolute Gasteiger partial charge is 0.308 e. The molecule has 0 atom stereocenters. The highest BCUT2D eigenvalue weighted by Gasteiger charge is 2.15. The third kappa shape index (κ3) is 2.18. The third-order valence-electron chi connectivity index (χ3n) is 1.32. The second-order valence-electron chi connectivity index (χ2n) is 2.28. The number of hydrogen-bond acceptors (Lipinski definition) is 3. The van der Waals surface area contributed by atoms with Gasteiger partial charge < -0.3 is 4.57 Å². The SMILES string of the molecule is Cn1cnc(Cl)c1CS(=O)(=O)F. The molecule has 0 aliphatic heterocycles. The van der Waals surface area contributed by atoms with Gasteiger partial charge in [0, 0.05) is 7.05 Å². The number of rotatable bonds is 2. The number of aryl methyl sites for hydroxylation is 1. The number of nitrogens with zero attached hydrogens (tertiary/aromatic N) is 2. The molecule has 7 heteroatoms. The molecule has 0 aliphatic rings. The molecule has 1 heterocycles. The number of imidazole rings is 1. The van der Waals surface area contributed by atoms with Gasteiger partial charge in [-0.15, -0.1) is 3.89 Å². The summed E-state index contributed by atoms with van der Waals surface area (Å²) in [4.78, 5) is 3.60. The number of halogens is 2. The molecule has 0 spiro atoms. The van der Waals surface area contributed by atoms with E-state index in [1.165, 1.54) is 10.9 Å². The molecule has 1 rings (SSSR count). The molecule has 0 saturated heterocycles. The van der Waals surface area contributed by atoms with Crippen LogP contribution >= 0.6 is 11.6 Å². The van der Waals surface area contributed by atoms with Crippen molar-refractivity contribution in [1.29, 1.82) is 0 Å². The van der Waals surface area contributed by atoms with E-state index in [0.717, 1.165) is 0 Å². The molecule has 0 fully saturated rings. The maximum Gasteiger partial charge on any atom is 0.308 e. The fraction of sp³-hybridized carbons (Fsp3) is 0.400. The minimum Gasteiger partial charge on any atom is -0.335 e. The van der Waals surface area contributed by atoms with Crippen LogP contribution in [0.25, 0.3) is 0 Å². The average Bonchev–Trinajstić information content (AvgIpc) is 2.16. The molecular weight excluding hydrogens is 207 g/mol. The third-order valence-corrected chi connectivity index (χ3v) is 2.25. The second kappa shape index (κ2) is 3.02. The lowest BCUT2D eigenvalue weighted by Gasteiger charge is -1.97. The Labute approximate surface area is 74.2 Å². The summed E-state index contributed by atoms with van der Waals surface area (Å²) in [5.41, 5.74) is 0.152. The molecule has 0 saturated carbocycles. The van der Waals surface area contributed by atoms with Gasteiger partial charge in [-0.25, -0.2) is 4.98 Å². The Kier molecular flexibility index (Phi) is 2.39. The van der Waals surface area contributed by atoms with Crippen LogP contribution in [0.4, 0.5) is 3.89 Å². The summed E-state index contributed by atoms with van der Waals surface area (Å²) in [6, 6.07) is 0. The molecule has 0 aromatic carbocycles. The van der Waals surface area contributed by atoms with Gasteiger partial charge in [0.1, 0.15) is 5.75 Å². The molecule has 1 aromatic heterocycles. The van der Waals surface area contributed by atoms with Crippen molar-refractivity contribution in [3.63, 3.8) is 0 Å². The van der Waals surface area contributed by atoms with Crippen LogP contribution < -0.4 is 0 Å². The van der Waals surface area contributed by atoms with Gasteiger partial charge in [0.2, 0.25) is 0 Å². The summed E-state index contributed by atoms with van der Waals surface area (Å²) in [6.45, 7) is 0. The monoisotopic (exact) mass is 212 g/mol. The highest BCUT2D eigenvalue weighted by molar-refractivity contribution is 7.85. The Balaban J connectivity index is 3.04. The molecular formula is C5H6ClFN2O2S. The molecule has 4 nitrogen and oxygen atoms in total. The van der Waals surface area contributed by atoms with E-state index in [4.69, 9.17) is 11.6 Å². The van der Waals surface area contributed by atoms with Crippen molar-refractivity contribution in [3.05, 3.63) is 17.2 Å². The molecule has 0 aliphatic carbocycles. The van der Waals surface area contributed by atoms with E-state index in [1.54, 1.807) is 7.05 Å². The van der Waals surface area contributed by atoms with Crippen molar-refractivity contribution >= 4 is 21.8 Å². The van der Waals surface area contributed by atoms with Gasteiger partial charge in [-0.05, 0) is 0 Å². The Bertz CT molecular complexity index is 367. The molecule has 0 radical (unpaired) electrons. The summed E-state index contributed by atoms with van der Waals surface area (Å²) >= 11 is 5.49. The normalized spacial score (nSPS) is 11.9. The highest BCUT2D eigenvalue weighted by Crippen LogP contribution is 2.15. The van der Waals surface area contributed by atoms with Crippen molar-refractivity contribution in [1.82, 2.24) is 9.55 Å². The van der Waals surface area contributed by atoms with Crippen molar-refractivity contribution in [2.24, 2.45) is 7.05 Å². The van der Waals surface area contributed by atoms with Crippen LogP contribution in [0.5, 0.6) is 0 Å². The first-order valence-electron chi connectivity index (χ1n) is 2.98. The Morgan fingerprint density at radius 1 is 1.75 bits per heavy atom. The van der Waals surface area contributed by atoms with Gasteiger partial charge in [-0.2, -0.15) is 8.42 Å². The Hall–Kier alpha value is -0.620. The van der Waals surface area contributed by atoms with Crippen LogP contribution in [0.15, 0.2) is 6.33 Å². The lowest BCUT2D eigenvalue weighted by atomic mass is 10.5. The zero-order chi connectivity index (χ0) is 9.35. The molecule has 1 aromatic rings. The Morgan fingerprint density at radius 2 is 2.33 bits per heavy atom. The standard InChI is InChI=1S/C5H6ClFN2O2S/c1-9-3-8-5(6)4(9)2-12(7,10)11/h3H,2H2,1H3. The summed E-state index contributed by atoms with van der Waals surface area (Å²) in [7, 11) is -3.00. The summed E-state index contributed by atoms with van der Waals surface area (Å²) in [5, 5.41) is 0.0127. The van der Waals surface area contributed by atoms with E-state index >= 15 is 0 Å². The van der Waals surface area contributed by atoms with Crippen LogP contribution in [0, 0.1) is 0 Å². The van der Waals surface area contributed by atoms with Crippen LogP contribution in [-0.2, 0) is 23.0 Å². The van der Waals surface area contributed by atoms with Crippen molar-refractivity contribution in [3.8, 4) is 0 Å². The van der Waals surface area contributed by atoms with E-state index in [9.17, 15) is 12.3 Å². The Morgan fingerprint density at radius 3 is 2.67 bits per heavy atom. The molecule has 0 amide bonds. The quantitative estimate of drug-likeness (QED) is 0.684. The average molecular weight is 213 g/mol. The minimum atomic E-state index is -4.54. The first-order valence-corrected chi connectivity index (χ1v) is 4.91. The molecule has 0 bridgehead atoms. The number of aromatic nitrogens is 2. The molecule has 68 valence electrons. The van der Waals surface area contributed by atoms with Crippen molar-refractivity contribution in [2.45, 2.75) is 5.75 Å². The predicted octanol–water partition coefficient (Wildman–Crippen LogP) is 0.873. The van der Waals surface area contributed by atoms with E-state index < -0.39 is 16.0 Å². The molecule has 12 heavy (non-hydrogen) atoms. The van der Waals surface area contributed by atoms with E-state index in [2.05, 4.69) is 4.98 Å². The summed E-state index contributed by atoms with van der Waals surface area (Å²) < 4.78 is 34.0. The summed E-state index contributed by atoms with van der Waals surface area (Å²) in [6.07, 6.45) is 1.32. The summed E-state index contributed by atoms with van der Waals surface area (Å²) in [5.74, 6) is -0.734. The lowest BCUT2D eigenvalue weighted by molar-refractivity contribution is 0.549. The topological polar surface area (TPSA) is 52.0 Å². The van der Waals surface area contributed by atoms with Crippen molar-refractivity contribution < 1.29 is 12.3 Å². The van der Waals surface area contributed by atoms with E-state index in [1.807, 2.05) is 0 Å². The van der Waals surface area contributed by atoms with Crippen molar-refractivity contribution in [2.75, 3.05) is 0 Å². The predicted molar refractivity (Wildman–Crippen MR) is 41.9 cm³/mol. The maximum atomic E-state index is 12.2. The lowest BCUT2D eigenvalue weighted by Crippen LogP contribution is -2.02. The van der Waals surface area contributed by atoms with Gasteiger partial charge in [-0.3, -0.25) is 0 Å². The second-order valence-corrected chi connectivity index (χ2v) is 4.00. The zero-order valence-corrected chi connectivity index (χ0v) is 7.73.